The van der Waals surface area contributed by atoms with Crippen LogP contribution in [0.4, 0.5) is 0 Å². The Hall–Kier alpha value is -0.740. The zero-order chi connectivity index (χ0) is 10.7. The highest BCUT2D eigenvalue weighted by Gasteiger charge is 2.27. The predicted molar refractivity (Wildman–Crippen MR) is 61.2 cm³/mol. The van der Waals surface area contributed by atoms with Crippen LogP contribution in [-0.4, -0.2) is 28.7 Å². The van der Waals surface area contributed by atoms with Gasteiger partial charge < -0.3 is 9.84 Å². The molecule has 0 radical (unpaired) electrons. The number of methoxy groups -OCH3 is 1. The Balaban J connectivity index is 2.19. The van der Waals surface area contributed by atoms with Gasteiger partial charge in [-0.15, -0.1) is 0 Å². The summed E-state index contributed by atoms with van der Waals surface area (Å²) in [5.41, 5.74) is 0.674. The second kappa shape index (κ2) is 4.86. The number of aliphatic hydroxyl groups excluding tert-OH is 1. The first-order chi connectivity index (χ1) is 7.33. The van der Waals surface area contributed by atoms with Crippen LogP contribution in [0.1, 0.15) is 18.2 Å². The minimum atomic E-state index is -0.490. The van der Waals surface area contributed by atoms with Crippen LogP contribution in [0, 0.1) is 5.92 Å². The molecule has 1 aliphatic rings. The molecule has 1 saturated heterocycles. The van der Waals surface area contributed by atoms with E-state index in [1.165, 1.54) is 0 Å². The third-order valence-electron chi connectivity index (χ3n) is 2.71. The molecule has 3 nitrogen and oxygen atoms in total. The van der Waals surface area contributed by atoms with Crippen molar-refractivity contribution in [2.75, 3.05) is 18.6 Å². The largest absolute Gasteiger partial charge is 0.495 e. The van der Waals surface area contributed by atoms with Crippen LogP contribution in [0.3, 0.4) is 0 Å². The Morgan fingerprint density at radius 2 is 2.53 bits per heavy atom. The highest BCUT2D eigenvalue weighted by Crippen LogP contribution is 2.36. The molecule has 0 amide bonds. The lowest BCUT2D eigenvalue weighted by Crippen LogP contribution is -2.14. The lowest BCUT2D eigenvalue weighted by Gasteiger charge is -2.18. The molecule has 15 heavy (non-hydrogen) atoms. The quantitative estimate of drug-likeness (QED) is 0.853. The van der Waals surface area contributed by atoms with E-state index in [2.05, 4.69) is 4.98 Å². The van der Waals surface area contributed by atoms with E-state index < -0.39 is 6.10 Å². The van der Waals surface area contributed by atoms with Gasteiger partial charge in [-0.3, -0.25) is 4.98 Å². The van der Waals surface area contributed by atoms with Crippen LogP contribution in [-0.2, 0) is 0 Å². The lowest BCUT2D eigenvalue weighted by atomic mass is 9.98. The van der Waals surface area contributed by atoms with E-state index >= 15 is 0 Å². The van der Waals surface area contributed by atoms with Crippen molar-refractivity contribution in [3.05, 3.63) is 24.0 Å². The van der Waals surface area contributed by atoms with Gasteiger partial charge in [0.15, 0.2) is 0 Å². The van der Waals surface area contributed by atoms with Gasteiger partial charge >= 0.3 is 0 Å². The Kier molecular flexibility index (Phi) is 3.49. The lowest BCUT2D eigenvalue weighted by molar-refractivity contribution is 0.113. The molecule has 2 atom stereocenters. The fraction of sp³-hybridized carbons (Fsp3) is 0.545. The molecule has 0 aromatic carbocycles. The van der Waals surface area contributed by atoms with Crippen molar-refractivity contribution in [2.24, 2.45) is 5.92 Å². The van der Waals surface area contributed by atoms with Crippen molar-refractivity contribution < 1.29 is 9.84 Å². The van der Waals surface area contributed by atoms with Crippen molar-refractivity contribution in [1.29, 1.82) is 0 Å². The fourth-order valence-corrected chi connectivity index (χ4v) is 3.11. The molecule has 0 saturated carbocycles. The van der Waals surface area contributed by atoms with Crippen LogP contribution in [0.25, 0.3) is 0 Å². The summed E-state index contributed by atoms with van der Waals surface area (Å²) in [7, 11) is 1.61. The Morgan fingerprint density at radius 1 is 1.67 bits per heavy atom. The zero-order valence-corrected chi connectivity index (χ0v) is 9.54. The van der Waals surface area contributed by atoms with Gasteiger partial charge in [-0.2, -0.15) is 11.8 Å². The molecule has 82 valence electrons. The van der Waals surface area contributed by atoms with Crippen molar-refractivity contribution in [3.8, 4) is 5.75 Å². The smallest absolute Gasteiger partial charge is 0.143 e. The minimum Gasteiger partial charge on any atom is -0.495 e. The monoisotopic (exact) mass is 225 g/mol. The molecule has 0 aliphatic carbocycles. The highest BCUT2D eigenvalue weighted by molar-refractivity contribution is 7.99. The first-order valence-corrected chi connectivity index (χ1v) is 6.23. The summed E-state index contributed by atoms with van der Waals surface area (Å²) in [5, 5.41) is 10.2. The Morgan fingerprint density at radius 3 is 3.20 bits per heavy atom. The maximum absolute atomic E-state index is 10.2. The SMILES string of the molecule is COc1cccnc1C(O)C1CCSC1. The maximum atomic E-state index is 10.2. The molecule has 1 fully saturated rings. The topological polar surface area (TPSA) is 42.4 Å². The van der Waals surface area contributed by atoms with E-state index in [0.29, 0.717) is 17.4 Å². The molecule has 2 rings (SSSR count). The third-order valence-corrected chi connectivity index (χ3v) is 3.90. The van der Waals surface area contributed by atoms with Gasteiger partial charge in [-0.1, -0.05) is 0 Å². The summed E-state index contributed by atoms with van der Waals surface area (Å²) in [6.07, 6.45) is 2.27. The van der Waals surface area contributed by atoms with Gasteiger partial charge in [0.25, 0.3) is 0 Å². The zero-order valence-electron chi connectivity index (χ0n) is 8.72. The van der Waals surface area contributed by atoms with Crippen LogP contribution >= 0.6 is 11.8 Å². The Bertz CT molecular complexity index is 326. The van der Waals surface area contributed by atoms with Crippen molar-refractivity contribution in [1.82, 2.24) is 4.98 Å². The van der Waals surface area contributed by atoms with Gasteiger partial charge in [-0.25, -0.2) is 0 Å². The minimum absolute atomic E-state index is 0.318. The molecule has 0 bridgehead atoms. The van der Waals surface area contributed by atoms with E-state index in [1.54, 1.807) is 13.3 Å². The summed E-state index contributed by atoms with van der Waals surface area (Å²) in [6, 6.07) is 3.66. The summed E-state index contributed by atoms with van der Waals surface area (Å²) in [4.78, 5) is 4.21. The summed E-state index contributed by atoms with van der Waals surface area (Å²) in [5.74, 6) is 3.15. The summed E-state index contributed by atoms with van der Waals surface area (Å²) < 4.78 is 5.20. The summed E-state index contributed by atoms with van der Waals surface area (Å²) >= 11 is 1.89. The fourth-order valence-electron chi connectivity index (χ4n) is 1.82. The molecule has 1 N–H and O–H groups in total. The molecule has 0 spiro atoms. The number of nitrogens with zero attached hydrogens (tertiary/aromatic N) is 1. The number of ether oxygens (including phenoxy) is 1. The standard InChI is InChI=1S/C11H15NO2S/c1-14-9-3-2-5-12-10(9)11(13)8-4-6-15-7-8/h2-3,5,8,11,13H,4,6-7H2,1H3. The number of rotatable bonds is 3. The second-order valence-corrected chi connectivity index (χ2v) is 4.81. The van der Waals surface area contributed by atoms with E-state index in [-0.39, 0.29) is 0 Å². The number of hydrogen-bond donors (Lipinski definition) is 1. The molecule has 4 heteroatoms. The molecule has 2 heterocycles. The van der Waals surface area contributed by atoms with Crippen molar-refractivity contribution in [3.63, 3.8) is 0 Å². The van der Waals surface area contributed by atoms with Crippen LogP contribution in [0.2, 0.25) is 0 Å². The molecule has 2 unspecified atom stereocenters. The number of hydrogen-bond acceptors (Lipinski definition) is 4. The van der Waals surface area contributed by atoms with E-state index in [9.17, 15) is 5.11 Å². The van der Waals surface area contributed by atoms with Gasteiger partial charge in [0.2, 0.25) is 0 Å². The van der Waals surface area contributed by atoms with Gasteiger partial charge in [0, 0.05) is 12.1 Å². The second-order valence-electron chi connectivity index (χ2n) is 3.66. The molecule has 1 aromatic rings. The maximum Gasteiger partial charge on any atom is 0.143 e. The molecular weight excluding hydrogens is 210 g/mol. The summed E-state index contributed by atoms with van der Waals surface area (Å²) in [6.45, 7) is 0. The number of aliphatic hydroxyl groups is 1. The highest BCUT2D eigenvalue weighted by atomic mass is 32.2. The van der Waals surface area contributed by atoms with Crippen molar-refractivity contribution >= 4 is 11.8 Å². The van der Waals surface area contributed by atoms with Crippen LogP contribution in [0.5, 0.6) is 5.75 Å². The molecular formula is C11H15NO2S. The first-order valence-electron chi connectivity index (χ1n) is 5.07. The predicted octanol–water partition coefficient (Wildman–Crippen LogP) is 1.88. The molecule has 1 aromatic heterocycles. The first kappa shape index (κ1) is 10.8. The normalized spacial score (nSPS) is 22.7. The van der Waals surface area contributed by atoms with E-state index in [4.69, 9.17) is 4.74 Å². The Labute approximate surface area is 93.9 Å². The average molecular weight is 225 g/mol. The van der Waals surface area contributed by atoms with Gasteiger partial charge in [-0.05, 0) is 30.1 Å². The number of thioether (sulfide) groups is 1. The van der Waals surface area contributed by atoms with Crippen molar-refractivity contribution in [2.45, 2.75) is 12.5 Å². The van der Waals surface area contributed by atoms with E-state index in [0.717, 1.165) is 17.9 Å². The average Bonchev–Trinajstić information content (AvgIpc) is 2.81. The van der Waals surface area contributed by atoms with Gasteiger partial charge in [0.1, 0.15) is 17.5 Å². The number of aromatic nitrogens is 1. The van der Waals surface area contributed by atoms with Gasteiger partial charge in [0.05, 0.1) is 7.11 Å². The molecule has 1 aliphatic heterocycles. The van der Waals surface area contributed by atoms with E-state index in [1.807, 2.05) is 23.9 Å². The van der Waals surface area contributed by atoms with Crippen LogP contribution in [0.15, 0.2) is 18.3 Å². The number of pyridine rings is 1. The van der Waals surface area contributed by atoms with Crippen LogP contribution < -0.4 is 4.74 Å². The third kappa shape index (κ3) is 2.26.